The Morgan fingerprint density at radius 1 is 1.25 bits per heavy atom. The molecule has 0 heterocycles. The molecule has 0 aromatic carbocycles. The van der Waals surface area contributed by atoms with Gasteiger partial charge in [-0.05, 0) is 20.8 Å². The van der Waals surface area contributed by atoms with Gasteiger partial charge in [-0.2, -0.15) is 0 Å². The predicted molar refractivity (Wildman–Crippen MR) is 63.2 cm³/mol. The van der Waals surface area contributed by atoms with Crippen LogP contribution in [-0.2, 0) is 14.3 Å². The molecule has 0 fully saturated rings. The van der Waals surface area contributed by atoms with E-state index < -0.39 is 0 Å². The van der Waals surface area contributed by atoms with E-state index in [4.69, 9.17) is 9.47 Å². The van der Waals surface area contributed by atoms with E-state index in [2.05, 4.69) is 5.32 Å². The van der Waals surface area contributed by atoms with Crippen LogP contribution in [0.1, 0.15) is 20.8 Å². The van der Waals surface area contributed by atoms with E-state index in [0.29, 0.717) is 19.8 Å². The third-order valence-electron chi connectivity index (χ3n) is 2.11. The molecule has 0 saturated heterocycles. The van der Waals surface area contributed by atoms with Gasteiger partial charge in [-0.15, -0.1) is 0 Å². The maximum Gasteiger partial charge on any atom is 0.238 e. The molecule has 96 valence electrons. The van der Waals surface area contributed by atoms with Crippen molar-refractivity contribution in [2.24, 2.45) is 0 Å². The van der Waals surface area contributed by atoms with Crippen molar-refractivity contribution < 1.29 is 14.3 Å². The lowest BCUT2D eigenvalue weighted by atomic mass is 10.3. The van der Waals surface area contributed by atoms with Crippen molar-refractivity contribution in [3.63, 3.8) is 0 Å². The zero-order chi connectivity index (χ0) is 12.6. The van der Waals surface area contributed by atoms with Gasteiger partial charge < -0.3 is 19.7 Å². The molecule has 5 nitrogen and oxygen atoms in total. The van der Waals surface area contributed by atoms with Gasteiger partial charge in [0.25, 0.3) is 0 Å². The zero-order valence-electron chi connectivity index (χ0n) is 10.9. The van der Waals surface area contributed by atoms with Crippen molar-refractivity contribution >= 4 is 5.91 Å². The van der Waals surface area contributed by atoms with Crippen LogP contribution in [-0.4, -0.2) is 57.0 Å². The van der Waals surface area contributed by atoms with E-state index in [0.717, 1.165) is 0 Å². The minimum Gasteiger partial charge on any atom is -0.352 e. The first-order valence-electron chi connectivity index (χ1n) is 5.70. The summed E-state index contributed by atoms with van der Waals surface area (Å²) in [5.41, 5.74) is 0. The number of rotatable bonds is 8. The summed E-state index contributed by atoms with van der Waals surface area (Å²) in [7, 11) is 3.48. The summed E-state index contributed by atoms with van der Waals surface area (Å²) in [5, 5.41) is 3.09. The standard InChI is InChI=1S/C11H24N2O3/c1-6-15-10(16-7-2)8-12-9(3)11(14)13(4)5/h9-10,12H,6-8H2,1-5H3. The molecule has 0 saturated carbocycles. The fourth-order valence-electron chi connectivity index (χ4n) is 1.29. The van der Waals surface area contributed by atoms with Gasteiger partial charge in [0.1, 0.15) is 0 Å². The highest BCUT2D eigenvalue weighted by atomic mass is 16.7. The molecule has 5 heteroatoms. The predicted octanol–water partition coefficient (Wildman–Crippen LogP) is 0.452. The number of nitrogens with one attached hydrogen (secondary N) is 1. The van der Waals surface area contributed by atoms with E-state index in [1.54, 1.807) is 19.0 Å². The molecule has 0 aromatic heterocycles. The van der Waals surface area contributed by atoms with Gasteiger partial charge in [0, 0.05) is 33.9 Å². The fourth-order valence-corrected chi connectivity index (χ4v) is 1.29. The number of hydrogen-bond donors (Lipinski definition) is 1. The number of ether oxygens (including phenoxy) is 2. The van der Waals surface area contributed by atoms with Gasteiger partial charge in [0.15, 0.2) is 6.29 Å². The highest BCUT2D eigenvalue weighted by Crippen LogP contribution is 1.95. The van der Waals surface area contributed by atoms with Crippen molar-refractivity contribution in [1.82, 2.24) is 10.2 Å². The van der Waals surface area contributed by atoms with Gasteiger partial charge in [-0.1, -0.05) is 0 Å². The van der Waals surface area contributed by atoms with E-state index >= 15 is 0 Å². The second-order valence-electron chi connectivity index (χ2n) is 3.70. The van der Waals surface area contributed by atoms with E-state index in [-0.39, 0.29) is 18.2 Å². The summed E-state index contributed by atoms with van der Waals surface area (Å²) in [6.45, 7) is 7.38. The van der Waals surface area contributed by atoms with Gasteiger partial charge in [0.05, 0.1) is 6.04 Å². The van der Waals surface area contributed by atoms with Gasteiger partial charge in [0.2, 0.25) is 5.91 Å². The first kappa shape index (κ1) is 15.3. The molecule has 1 unspecified atom stereocenters. The van der Waals surface area contributed by atoms with Gasteiger partial charge in [-0.25, -0.2) is 0 Å². The van der Waals surface area contributed by atoms with Crippen LogP contribution in [0.4, 0.5) is 0 Å². The van der Waals surface area contributed by atoms with Crippen LogP contribution >= 0.6 is 0 Å². The van der Waals surface area contributed by atoms with E-state index in [1.165, 1.54) is 0 Å². The summed E-state index contributed by atoms with van der Waals surface area (Å²) in [5.74, 6) is 0.0479. The molecule has 0 rings (SSSR count). The van der Waals surface area contributed by atoms with Gasteiger partial charge in [-0.3, -0.25) is 4.79 Å². The van der Waals surface area contributed by atoms with E-state index in [9.17, 15) is 4.79 Å². The molecule has 16 heavy (non-hydrogen) atoms. The first-order chi connectivity index (χ1) is 7.52. The number of nitrogens with zero attached hydrogens (tertiary/aromatic N) is 1. The monoisotopic (exact) mass is 232 g/mol. The van der Waals surface area contributed by atoms with Crippen LogP contribution in [0.15, 0.2) is 0 Å². The fraction of sp³-hybridized carbons (Fsp3) is 0.909. The maximum absolute atomic E-state index is 11.6. The molecule has 0 aliphatic heterocycles. The van der Waals surface area contributed by atoms with Crippen molar-refractivity contribution in [2.75, 3.05) is 33.9 Å². The molecule has 0 spiro atoms. The highest BCUT2D eigenvalue weighted by Gasteiger charge is 2.16. The summed E-state index contributed by atoms with van der Waals surface area (Å²) in [6.07, 6.45) is -0.285. The SMILES string of the molecule is CCOC(CNC(C)C(=O)N(C)C)OCC. The van der Waals surface area contributed by atoms with Crippen LogP contribution in [0, 0.1) is 0 Å². The second-order valence-corrected chi connectivity index (χ2v) is 3.70. The number of carbonyl (C=O) groups is 1. The highest BCUT2D eigenvalue weighted by molar-refractivity contribution is 5.80. The number of hydrogen-bond acceptors (Lipinski definition) is 4. The lowest BCUT2D eigenvalue weighted by Gasteiger charge is -2.22. The average molecular weight is 232 g/mol. The molecule has 1 atom stereocenters. The second kappa shape index (κ2) is 8.50. The minimum atomic E-state index is -0.285. The topological polar surface area (TPSA) is 50.8 Å². The molecular formula is C11H24N2O3. The molecule has 0 aliphatic rings. The first-order valence-corrected chi connectivity index (χ1v) is 5.70. The smallest absolute Gasteiger partial charge is 0.238 e. The van der Waals surface area contributed by atoms with E-state index in [1.807, 2.05) is 20.8 Å². The van der Waals surface area contributed by atoms with Crippen molar-refractivity contribution in [3.05, 3.63) is 0 Å². The number of likely N-dealkylation sites (N-methyl/N-ethyl adjacent to an activating group) is 1. The molecule has 1 N–H and O–H groups in total. The third-order valence-corrected chi connectivity index (χ3v) is 2.11. The molecular weight excluding hydrogens is 208 g/mol. The summed E-state index contributed by atoms with van der Waals surface area (Å²) < 4.78 is 10.7. The Labute approximate surface area is 98.1 Å². The Bertz CT molecular complexity index is 192. The molecule has 1 amide bonds. The Hall–Kier alpha value is -0.650. The van der Waals surface area contributed by atoms with Crippen LogP contribution in [0.5, 0.6) is 0 Å². The average Bonchev–Trinajstić information content (AvgIpc) is 2.24. The minimum absolute atomic E-state index is 0.0479. The zero-order valence-corrected chi connectivity index (χ0v) is 10.9. The quantitative estimate of drug-likeness (QED) is 0.617. The Kier molecular flexibility index (Phi) is 8.15. The number of amides is 1. The van der Waals surface area contributed by atoms with Crippen molar-refractivity contribution in [1.29, 1.82) is 0 Å². The Balaban J connectivity index is 3.94. The van der Waals surface area contributed by atoms with Crippen molar-refractivity contribution in [2.45, 2.75) is 33.1 Å². The molecule has 0 aliphatic carbocycles. The lowest BCUT2D eigenvalue weighted by Crippen LogP contribution is -2.45. The Morgan fingerprint density at radius 2 is 1.75 bits per heavy atom. The third kappa shape index (κ3) is 6.05. The lowest BCUT2D eigenvalue weighted by molar-refractivity contribution is -0.138. The van der Waals surface area contributed by atoms with Crippen LogP contribution in [0.2, 0.25) is 0 Å². The summed E-state index contributed by atoms with van der Waals surface area (Å²) in [6, 6.07) is -0.224. The largest absolute Gasteiger partial charge is 0.352 e. The number of carbonyl (C=O) groups excluding carboxylic acids is 1. The summed E-state index contributed by atoms with van der Waals surface area (Å²) >= 11 is 0. The molecule has 0 aromatic rings. The van der Waals surface area contributed by atoms with Crippen LogP contribution in [0.3, 0.4) is 0 Å². The Morgan fingerprint density at radius 3 is 2.12 bits per heavy atom. The maximum atomic E-state index is 11.6. The molecule has 0 radical (unpaired) electrons. The van der Waals surface area contributed by atoms with Crippen LogP contribution in [0.25, 0.3) is 0 Å². The molecule has 0 bridgehead atoms. The van der Waals surface area contributed by atoms with Crippen molar-refractivity contribution in [3.8, 4) is 0 Å². The normalized spacial score (nSPS) is 12.9. The summed E-state index contributed by atoms with van der Waals surface area (Å²) in [4.78, 5) is 13.1. The van der Waals surface area contributed by atoms with Gasteiger partial charge >= 0.3 is 0 Å². The van der Waals surface area contributed by atoms with Crippen LogP contribution < -0.4 is 5.32 Å².